The van der Waals surface area contributed by atoms with Crippen molar-refractivity contribution in [2.45, 2.75) is 32.4 Å². The van der Waals surface area contributed by atoms with Gasteiger partial charge in [-0.05, 0) is 50.1 Å². The number of carbonyl (C=O) groups is 1. The van der Waals surface area contributed by atoms with E-state index in [1.165, 1.54) is 12.1 Å². The molecule has 2 aromatic rings. The number of carbonyl (C=O) groups excluding carboxylic acids is 1. The van der Waals surface area contributed by atoms with Gasteiger partial charge in [0.25, 0.3) is 5.91 Å². The zero-order valence-corrected chi connectivity index (χ0v) is 17.5. The van der Waals surface area contributed by atoms with Crippen LogP contribution in [-0.2, 0) is 21.2 Å². The maximum Gasteiger partial charge on any atom is 0.250 e. The number of sulfonamides is 1. The Labute approximate surface area is 169 Å². The van der Waals surface area contributed by atoms with Crippen LogP contribution in [0.25, 0.3) is 0 Å². The van der Waals surface area contributed by atoms with Crippen LogP contribution >= 0.6 is 23.2 Å². The zero-order chi connectivity index (χ0) is 19.9. The Morgan fingerprint density at radius 2 is 1.89 bits per heavy atom. The summed E-state index contributed by atoms with van der Waals surface area (Å²) in [7, 11) is -3.78. The average Bonchev–Trinajstić information content (AvgIpc) is 2.92. The lowest BCUT2D eigenvalue weighted by molar-refractivity contribution is -0.119. The lowest BCUT2D eigenvalue weighted by Gasteiger charge is -2.33. The first kappa shape index (κ1) is 20.0. The minimum atomic E-state index is -3.78. The van der Waals surface area contributed by atoms with Gasteiger partial charge in [0.2, 0.25) is 10.0 Å². The van der Waals surface area contributed by atoms with Crippen molar-refractivity contribution < 1.29 is 13.2 Å². The Bertz CT molecular complexity index is 994. The molecule has 8 heteroatoms. The van der Waals surface area contributed by atoms with Gasteiger partial charge in [-0.15, -0.1) is 0 Å². The number of hydrogen-bond donors (Lipinski definition) is 0. The van der Waals surface area contributed by atoms with Crippen molar-refractivity contribution in [3.63, 3.8) is 0 Å². The van der Waals surface area contributed by atoms with Gasteiger partial charge in [0.15, 0.2) is 0 Å². The maximum absolute atomic E-state index is 13.3. The topological polar surface area (TPSA) is 57.7 Å². The molecule has 0 saturated carbocycles. The van der Waals surface area contributed by atoms with Gasteiger partial charge in [-0.1, -0.05) is 41.4 Å². The number of para-hydroxylation sites is 1. The minimum absolute atomic E-state index is 0.0615. The van der Waals surface area contributed by atoms with Crippen molar-refractivity contribution >= 4 is 50.5 Å². The number of benzene rings is 2. The molecule has 27 heavy (non-hydrogen) atoms. The second-order valence-corrected chi connectivity index (χ2v) is 9.42. The van der Waals surface area contributed by atoms with Crippen molar-refractivity contribution in [2.75, 3.05) is 15.5 Å². The molecule has 0 N–H and O–H groups in total. The predicted octanol–water partition coefficient (Wildman–Crippen LogP) is 4.13. The number of nitrogens with zero attached hydrogens (tertiary/aromatic N) is 2. The highest BCUT2D eigenvalue weighted by Gasteiger charge is 2.38. The number of anilines is 2. The first-order valence-electron chi connectivity index (χ1n) is 8.46. The van der Waals surface area contributed by atoms with E-state index in [9.17, 15) is 13.2 Å². The molecule has 1 aliphatic heterocycles. The molecule has 1 amide bonds. The first-order chi connectivity index (χ1) is 12.6. The van der Waals surface area contributed by atoms with Crippen LogP contribution in [0.2, 0.25) is 10.0 Å². The molecule has 0 saturated heterocycles. The molecular formula is C19H20Cl2N2O3S. The van der Waals surface area contributed by atoms with E-state index in [1.54, 1.807) is 17.9 Å². The lowest BCUT2D eigenvalue weighted by Crippen LogP contribution is -2.51. The summed E-state index contributed by atoms with van der Waals surface area (Å²) < 4.78 is 26.1. The van der Waals surface area contributed by atoms with Crippen molar-refractivity contribution in [3.8, 4) is 0 Å². The van der Waals surface area contributed by atoms with Gasteiger partial charge in [-0.25, -0.2) is 8.42 Å². The lowest BCUT2D eigenvalue weighted by atomic mass is 10.1. The quantitative estimate of drug-likeness (QED) is 0.738. The van der Waals surface area contributed by atoms with Crippen molar-refractivity contribution in [3.05, 3.63) is 58.1 Å². The van der Waals surface area contributed by atoms with E-state index in [2.05, 4.69) is 0 Å². The van der Waals surface area contributed by atoms with E-state index in [4.69, 9.17) is 23.2 Å². The summed E-state index contributed by atoms with van der Waals surface area (Å²) in [6, 6.07) is 11.1. The average molecular weight is 427 g/mol. The van der Waals surface area contributed by atoms with Crippen LogP contribution < -0.4 is 9.21 Å². The smallest absolute Gasteiger partial charge is 0.250 e. The van der Waals surface area contributed by atoms with Gasteiger partial charge in [0, 0.05) is 16.8 Å². The molecule has 2 aromatic carbocycles. The van der Waals surface area contributed by atoms with Gasteiger partial charge in [-0.2, -0.15) is 0 Å². The van der Waals surface area contributed by atoms with E-state index in [-0.39, 0.29) is 22.7 Å². The largest absolute Gasteiger partial charge is 0.307 e. The number of hydrogen-bond acceptors (Lipinski definition) is 3. The Hall–Kier alpha value is -1.76. The van der Waals surface area contributed by atoms with Gasteiger partial charge in [0.1, 0.15) is 6.04 Å². The maximum atomic E-state index is 13.3. The number of fused-ring (bicyclic) bond motifs is 1. The van der Waals surface area contributed by atoms with Crippen molar-refractivity contribution in [1.29, 1.82) is 0 Å². The molecule has 0 fully saturated rings. The fourth-order valence-corrected chi connectivity index (χ4v) is 5.13. The highest BCUT2D eigenvalue weighted by molar-refractivity contribution is 7.92. The second kappa shape index (κ2) is 7.34. The van der Waals surface area contributed by atoms with E-state index in [1.807, 2.05) is 31.2 Å². The molecule has 3 rings (SSSR count). The number of rotatable bonds is 4. The molecular weight excluding hydrogens is 407 g/mol. The molecule has 0 aromatic heterocycles. The Morgan fingerprint density at radius 3 is 2.56 bits per heavy atom. The zero-order valence-electron chi connectivity index (χ0n) is 15.2. The first-order valence-corrected chi connectivity index (χ1v) is 11.1. The van der Waals surface area contributed by atoms with Gasteiger partial charge in [-0.3, -0.25) is 9.10 Å². The summed E-state index contributed by atoms with van der Waals surface area (Å²) in [5, 5.41) is 0.543. The molecule has 0 aliphatic carbocycles. The van der Waals surface area contributed by atoms with Crippen LogP contribution in [0.5, 0.6) is 0 Å². The summed E-state index contributed by atoms with van der Waals surface area (Å²) in [5.41, 5.74) is 2.07. The van der Waals surface area contributed by atoms with E-state index in [0.717, 1.165) is 28.2 Å². The normalized spacial score (nSPS) is 17.5. The number of halogens is 2. The van der Waals surface area contributed by atoms with Crippen LogP contribution in [0.4, 0.5) is 11.4 Å². The Balaban J connectivity index is 2.04. The van der Waals surface area contributed by atoms with Gasteiger partial charge >= 0.3 is 0 Å². The van der Waals surface area contributed by atoms with E-state index >= 15 is 0 Å². The molecule has 144 valence electrons. The van der Waals surface area contributed by atoms with Crippen LogP contribution in [0.15, 0.2) is 42.5 Å². The third-order valence-corrected chi connectivity index (χ3v) is 6.44. The monoisotopic (exact) mass is 426 g/mol. The molecule has 1 heterocycles. The minimum Gasteiger partial charge on any atom is -0.307 e. The summed E-state index contributed by atoms with van der Waals surface area (Å²) >= 11 is 12.3. The van der Waals surface area contributed by atoms with Gasteiger partial charge in [0.05, 0.1) is 17.0 Å². The molecule has 0 radical (unpaired) electrons. The molecule has 2 atom stereocenters. The summed E-state index contributed by atoms with van der Waals surface area (Å²) in [6.07, 6.45) is 1.78. The van der Waals surface area contributed by atoms with Crippen LogP contribution in [0.1, 0.15) is 19.4 Å². The molecule has 0 spiro atoms. The molecule has 0 bridgehead atoms. The van der Waals surface area contributed by atoms with Crippen LogP contribution in [0, 0.1) is 0 Å². The highest BCUT2D eigenvalue weighted by Crippen LogP contribution is 2.36. The van der Waals surface area contributed by atoms with Crippen LogP contribution in [-0.4, -0.2) is 32.7 Å². The van der Waals surface area contributed by atoms with E-state index < -0.39 is 16.1 Å². The van der Waals surface area contributed by atoms with Crippen molar-refractivity contribution in [1.82, 2.24) is 0 Å². The van der Waals surface area contributed by atoms with Crippen molar-refractivity contribution in [2.24, 2.45) is 0 Å². The summed E-state index contributed by atoms with van der Waals surface area (Å²) in [6.45, 7) is 3.51. The third kappa shape index (κ3) is 3.79. The Kier molecular flexibility index (Phi) is 5.43. The second-order valence-electron chi connectivity index (χ2n) is 6.72. The van der Waals surface area contributed by atoms with E-state index in [0.29, 0.717) is 5.02 Å². The SMILES string of the molecule is CC1Cc2ccccc2N1C(=O)C(C)N(c1cc(Cl)ccc1Cl)S(C)(=O)=O. The summed E-state index contributed by atoms with van der Waals surface area (Å²) in [4.78, 5) is 15.0. The predicted molar refractivity (Wildman–Crippen MR) is 110 cm³/mol. The van der Waals surface area contributed by atoms with Crippen LogP contribution in [0.3, 0.4) is 0 Å². The molecule has 1 aliphatic rings. The standard InChI is InChI=1S/C19H20Cl2N2O3S/c1-12-10-14-6-4-5-7-17(14)22(12)19(24)13(2)23(27(3,25)26)18-11-15(20)8-9-16(18)21/h4-9,11-13H,10H2,1-3H3. The third-order valence-electron chi connectivity index (χ3n) is 4.66. The Morgan fingerprint density at radius 1 is 1.22 bits per heavy atom. The fourth-order valence-electron chi connectivity index (χ4n) is 3.53. The highest BCUT2D eigenvalue weighted by atomic mass is 35.5. The molecule has 5 nitrogen and oxygen atoms in total. The summed E-state index contributed by atoms with van der Waals surface area (Å²) in [5.74, 6) is -0.311. The fraction of sp³-hybridized carbons (Fsp3) is 0.316. The van der Waals surface area contributed by atoms with Gasteiger partial charge < -0.3 is 4.90 Å². The molecule has 2 unspecified atom stereocenters. The number of amides is 1.